The van der Waals surface area contributed by atoms with Crippen molar-refractivity contribution in [2.75, 3.05) is 7.11 Å². The van der Waals surface area contributed by atoms with Gasteiger partial charge >= 0.3 is 5.97 Å². The molecule has 1 N–H and O–H groups in total. The molecule has 0 aliphatic carbocycles. The molecule has 0 saturated heterocycles. The van der Waals surface area contributed by atoms with Crippen LogP contribution in [0.2, 0.25) is 0 Å². The number of aliphatic hydroxyl groups excluding tert-OH is 1. The second kappa shape index (κ2) is 84.4. The van der Waals surface area contributed by atoms with Crippen LogP contribution < -0.4 is 0 Å². The monoisotopic (exact) mass is 1190 g/mol. The summed E-state index contributed by atoms with van der Waals surface area (Å²) in [6, 6.07) is 79.9. The van der Waals surface area contributed by atoms with Gasteiger partial charge in [-0.2, -0.15) is 5.26 Å². The molecule has 0 radical (unpaired) electrons. The van der Waals surface area contributed by atoms with Crippen molar-refractivity contribution >= 4 is 39.8 Å². The standard InChI is InChI=1S/C8H7N.C8H8O2.C8H10.C7H7Cl.C7H8O.C7H6O.C7H8.C6H5Br.8C2H6/c9-7-6-8-4-2-1-3-5-8;1-10-8(9)7-5-3-2-4-6-7;1-2-8-6-4-3-5-7-8;3*8-6-7-4-2-1-3-5-7;1-7-5-3-2-4-6-7;7-6-4-2-1-3-5-6;8*1-2/h1-5H,6H2;2-6H,1H3;3-7H,2H2,1H3;1-5H,6H2;1-5,8H,6H2;1-6H;2-6H,1H3;1-5H;8*1-2H3. The van der Waals surface area contributed by atoms with E-state index < -0.39 is 0 Å². The number of rotatable bonds is 6. The van der Waals surface area contributed by atoms with Crippen LogP contribution in [0.15, 0.2) is 247 Å². The SMILES string of the molecule is Brc1ccccc1.CC.CC.CC.CC.CC.CC.CC.CC.CCc1ccccc1.COC(=O)c1ccccc1.Cc1ccccc1.ClCc1ccccc1.N#CCc1ccccc1.O=Cc1ccccc1.OCc1ccccc1. The first-order chi connectivity index (χ1) is 39.8. The fourth-order valence-corrected chi connectivity index (χ4v) is 5.21. The average molecular weight is 1190 g/mol. The summed E-state index contributed by atoms with van der Waals surface area (Å²) in [4.78, 5) is 20.8. The maximum Gasteiger partial charge on any atom is 0.337 e. The van der Waals surface area contributed by atoms with E-state index in [0.29, 0.717) is 17.9 Å². The van der Waals surface area contributed by atoms with Crippen molar-refractivity contribution in [3.05, 3.63) is 286 Å². The molecule has 446 valence electrons. The number of hydrogen-bond acceptors (Lipinski definition) is 5. The molecule has 0 spiro atoms. The lowest BCUT2D eigenvalue weighted by molar-refractivity contribution is 0.0600. The maximum absolute atomic E-state index is 10.8. The lowest BCUT2D eigenvalue weighted by Crippen LogP contribution is -1.99. The van der Waals surface area contributed by atoms with Gasteiger partial charge in [0.05, 0.1) is 31.8 Å². The number of methoxy groups -OCH3 is 1. The van der Waals surface area contributed by atoms with E-state index >= 15 is 0 Å². The zero-order valence-corrected chi connectivity index (χ0v) is 55.7. The van der Waals surface area contributed by atoms with Crippen molar-refractivity contribution in [1.82, 2.24) is 0 Å². The Hall–Kier alpha value is -6.88. The third-order valence-electron chi connectivity index (χ3n) is 8.20. The van der Waals surface area contributed by atoms with Crippen molar-refractivity contribution in [2.45, 2.75) is 150 Å². The lowest BCUT2D eigenvalue weighted by Gasteiger charge is -1.95. The zero-order valence-electron chi connectivity index (χ0n) is 53.4. The van der Waals surface area contributed by atoms with E-state index in [1.165, 1.54) is 23.8 Å². The summed E-state index contributed by atoms with van der Waals surface area (Å²) in [6.07, 6.45) is 2.49. The molecule has 0 unspecified atom stereocenters. The third-order valence-corrected chi connectivity index (χ3v) is 9.04. The van der Waals surface area contributed by atoms with Crippen LogP contribution >= 0.6 is 27.5 Å². The van der Waals surface area contributed by atoms with E-state index in [0.717, 1.165) is 33.9 Å². The van der Waals surface area contributed by atoms with Gasteiger partial charge in [-0.05, 0) is 59.9 Å². The summed E-state index contributed by atoms with van der Waals surface area (Å²) in [6.45, 7) is 36.4. The second-order valence-corrected chi connectivity index (χ2v) is 14.4. The van der Waals surface area contributed by atoms with Gasteiger partial charge in [-0.15, -0.1) is 11.6 Å². The molecule has 0 bridgehead atoms. The molecule has 8 rings (SSSR count). The minimum absolute atomic E-state index is 0.140. The summed E-state index contributed by atoms with van der Waals surface area (Å²) in [5, 5.41) is 16.8. The first-order valence-corrected chi connectivity index (χ1v) is 30.2. The van der Waals surface area contributed by atoms with Gasteiger partial charge < -0.3 is 9.84 Å². The van der Waals surface area contributed by atoms with Gasteiger partial charge in [0.25, 0.3) is 0 Å². The van der Waals surface area contributed by atoms with Crippen LogP contribution in [-0.2, 0) is 30.1 Å². The van der Waals surface area contributed by atoms with E-state index in [-0.39, 0.29) is 12.6 Å². The Labute approximate surface area is 510 Å². The largest absolute Gasteiger partial charge is 0.465 e. The summed E-state index contributed by atoms with van der Waals surface area (Å²) >= 11 is 8.84. The highest BCUT2D eigenvalue weighted by Crippen LogP contribution is 2.05. The molecule has 0 fully saturated rings. The van der Waals surface area contributed by atoms with E-state index in [1.54, 1.807) is 36.4 Å². The average Bonchev–Trinajstić information content (AvgIpc) is 3.59. The third kappa shape index (κ3) is 67.3. The van der Waals surface area contributed by atoms with Gasteiger partial charge in [0.15, 0.2) is 0 Å². The number of benzene rings is 8. The van der Waals surface area contributed by atoms with Crippen LogP contribution in [0, 0.1) is 18.3 Å². The Bertz CT molecular complexity index is 2190. The van der Waals surface area contributed by atoms with E-state index in [1.807, 2.05) is 281 Å². The Kier molecular flexibility index (Phi) is 94.5. The Morgan fingerprint density at radius 3 is 0.951 bits per heavy atom. The number of nitrogens with zero attached hydrogens (tertiary/aromatic N) is 1. The number of nitriles is 1. The van der Waals surface area contributed by atoms with E-state index in [2.05, 4.69) is 77.0 Å². The number of carbonyl (C=O) groups excluding carboxylic acids is 2. The van der Waals surface area contributed by atoms with Crippen LogP contribution in [0.25, 0.3) is 0 Å². The first kappa shape index (κ1) is 90.6. The molecular weight excluding hydrogens is 1080 g/mol. The normalized spacial score (nSPS) is 7.67. The smallest absolute Gasteiger partial charge is 0.337 e. The van der Waals surface area contributed by atoms with Crippen LogP contribution in [0.4, 0.5) is 0 Å². The summed E-state index contributed by atoms with van der Waals surface area (Å²) < 4.78 is 5.63. The molecule has 8 aromatic rings. The summed E-state index contributed by atoms with van der Waals surface area (Å²) in [7, 11) is 1.37. The molecule has 0 aliphatic rings. The Morgan fingerprint density at radius 2 is 0.753 bits per heavy atom. The predicted molar refractivity (Wildman–Crippen MR) is 366 cm³/mol. The number of esters is 1. The molecule has 8 aromatic carbocycles. The van der Waals surface area contributed by atoms with Gasteiger partial charge in [-0.1, -0.05) is 358 Å². The van der Waals surface area contributed by atoms with Crippen molar-refractivity contribution in [3.63, 3.8) is 0 Å². The van der Waals surface area contributed by atoms with Crippen molar-refractivity contribution in [1.29, 1.82) is 5.26 Å². The molecule has 0 heterocycles. The number of alkyl halides is 1. The molecular formula is C74H107BrClNO4. The van der Waals surface area contributed by atoms with Crippen LogP contribution in [0.1, 0.15) is 166 Å². The molecule has 0 amide bonds. The van der Waals surface area contributed by atoms with Gasteiger partial charge in [0.2, 0.25) is 0 Å². The lowest BCUT2D eigenvalue weighted by atomic mass is 10.2. The molecule has 5 nitrogen and oxygen atoms in total. The van der Waals surface area contributed by atoms with E-state index in [4.69, 9.17) is 22.0 Å². The molecule has 0 aromatic heterocycles. The Morgan fingerprint density at radius 1 is 0.469 bits per heavy atom. The van der Waals surface area contributed by atoms with Crippen LogP contribution in [0.5, 0.6) is 0 Å². The van der Waals surface area contributed by atoms with Gasteiger partial charge in [-0.25, -0.2) is 4.79 Å². The highest BCUT2D eigenvalue weighted by atomic mass is 79.9. The predicted octanol–water partition coefficient (Wildman–Crippen LogP) is 23.2. The number of carbonyl (C=O) groups is 2. The number of aliphatic hydroxyl groups is 1. The molecule has 0 atom stereocenters. The minimum Gasteiger partial charge on any atom is -0.465 e. The zero-order chi connectivity index (χ0) is 63.4. The van der Waals surface area contributed by atoms with Gasteiger partial charge in [0.1, 0.15) is 6.29 Å². The fraction of sp³-hybridized carbons (Fsp3) is 0.311. The first-order valence-electron chi connectivity index (χ1n) is 28.8. The summed E-state index contributed by atoms with van der Waals surface area (Å²) in [5.41, 5.74) is 7.27. The van der Waals surface area contributed by atoms with E-state index in [9.17, 15) is 9.59 Å². The molecule has 0 aliphatic heterocycles. The number of hydrogen-bond donors (Lipinski definition) is 1. The number of aryl methyl sites for hydroxylation is 2. The number of aldehydes is 1. The fourth-order valence-electron chi connectivity index (χ4n) is 4.72. The highest BCUT2D eigenvalue weighted by molar-refractivity contribution is 9.10. The Balaban J connectivity index is -0.000000121. The van der Waals surface area contributed by atoms with Gasteiger partial charge in [0, 0.05) is 15.9 Å². The van der Waals surface area contributed by atoms with Crippen molar-refractivity contribution in [2.24, 2.45) is 0 Å². The second-order valence-electron chi connectivity index (χ2n) is 13.3. The van der Waals surface area contributed by atoms with Crippen molar-refractivity contribution < 1.29 is 19.4 Å². The molecule has 81 heavy (non-hydrogen) atoms. The van der Waals surface area contributed by atoms with Gasteiger partial charge in [-0.3, -0.25) is 4.79 Å². The number of ether oxygens (including phenoxy) is 1. The highest BCUT2D eigenvalue weighted by Gasteiger charge is 2.00. The maximum atomic E-state index is 10.8. The molecule has 7 heteroatoms. The minimum atomic E-state index is -0.291. The van der Waals surface area contributed by atoms with Crippen molar-refractivity contribution in [3.8, 4) is 6.07 Å². The quantitative estimate of drug-likeness (QED) is 0.102. The topological polar surface area (TPSA) is 87.4 Å². The van der Waals surface area contributed by atoms with Crippen LogP contribution in [0.3, 0.4) is 0 Å². The van der Waals surface area contributed by atoms with Crippen LogP contribution in [-0.4, -0.2) is 24.5 Å². The number of halogens is 2. The summed E-state index contributed by atoms with van der Waals surface area (Å²) in [5.74, 6) is 0.321. The molecule has 0 saturated carbocycles.